The van der Waals surface area contributed by atoms with Gasteiger partial charge in [0, 0.05) is 25.5 Å². The minimum atomic E-state index is -0.264. The van der Waals surface area contributed by atoms with E-state index in [-0.39, 0.29) is 18.4 Å². The highest BCUT2D eigenvalue weighted by Crippen LogP contribution is 2.36. The van der Waals surface area contributed by atoms with Crippen LogP contribution in [0.25, 0.3) is 5.57 Å². The van der Waals surface area contributed by atoms with Crippen LogP contribution in [0.5, 0.6) is 0 Å². The molecule has 1 aromatic carbocycles. The second kappa shape index (κ2) is 10.6. The van der Waals surface area contributed by atoms with E-state index in [1.807, 2.05) is 32.0 Å². The van der Waals surface area contributed by atoms with Crippen LogP contribution in [0.2, 0.25) is 0 Å². The summed E-state index contributed by atoms with van der Waals surface area (Å²) < 4.78 is 5.54. The molecule has 1 aliphatic heterocycles. The van der Waals surface area contributed by atoms with Gasteiger partial charge in [-0.2, -0.15) is 0 Å². The summed E-state index contributed by atoms with van der Waals surface area (Å²) in [6, 6.07) is 5.81. The van der Waals surface area contributed by atoms with Crippen molar-refractivity contribution in [2.75, 3.05) is 32.1 Å². The molecule has 1 heterocycles. The summed E-state index contributed by atoms with van der Waals surface area (Å²) in [5.41, 5.74) is 3.43. The monoisotopic (exact) mass is 391 g/mol. The van der Waals surface area contributed by atoms with Gasteiger partial charge in [-0.15, -0.1) is 11.8 Å². The van der Waals surface area contributed by atoms with Gasteiger partial charge in [0.2, 0.25) is 0 Å². The lowest BCUT2D eigenvalue weighted by Crippen LogP contribution is -2.33. The maximum absolute atomic E-state index is 13.0. The van der Waals surface area contributed by atoms with E-state index in [2.05, 4.69) is 6.92 Å². The first-order valence-corrected chi connectivity index (χ1v) is 10.5. The van der Waals surface area contributed by atoms with E-state index in [4.69, 9.17) is 9.84 Å². The maximum atomic E-state index is 13.0. The molecule has 0 aliphatic carbocycles. The van der Waals surface area contributed by atoms with Gasteiger partial charge in [-0.3, -0.25) is 14.5 Å². The molecule has 1 aliphatic rings. The largest absolute Gasteiger partial charge is 0.396 e. The van der Waals surface area contributed by atoms with Crippen LogP contribution in [-0.2, 0) is 14.3 Å². The predicted octanol–water partition coefficient (Wildman–Crippen LogP) is 3.32. The fourth-order valence-electron chi connectivity index (χ4n) is 2.86. The number of ether oxygens (including phenoxy) is 1. The molecule has 0 saturated carbocycles. The van der Waals surface area contributed by atoms with Gasteiger partial charge in [-0.1, -0.05) is 31.5 Å². The molecule has 0 radical (unpaired) electrons. The second-order valence-electron chi connectivity index (χ2n) is 6.66. The van der Waals surface area contributed by atoms with Gasteiger partial charge in [0.15, 0.2) is 0 Å². The lowest BCUT2D eigenvalue weighted by Gasteiger charge is -2.15. The molecule has 0 aromatic heterocycles. The van der Waals surface area contributed by atoms with Crippen molar-refractivity contribution in [2.24, 2.45) is 0 Å². The van der Waals surface area contributed by atoms with E-state index in [1.54, 1.807) is 0 Å². The Labute approximate surface area is 165 Å². The Morgan fingerprint density at radius 1 is 1.07 bits per heavy atom. The molecular formula is C21H29NO4S. The number of benzene rings is 1. The zero-order chi connectivity index (χ0) is 19.8. The first-order chi connectivity index (χ1) is 13.0. The lowest BCUT2D eigenvalue weighted by atomic mass is 10.0. The van der Waals surface area contributed by atoms with Crippen LogP contribution < -0.4 is 0 Å². The van der Waals surface area contributed by atoms with Crippen molar-refractivity contribution in [1.82, 2.24) is 4.90 Å². The van der Waals surface area contributed by atoms with Gasteiger partial charge in [-0.05, 0) is 43.4 Å². The Kier molecular flexibility index (Phi) is 8.54. The lowest BCUT2D eigenvalue weighted by molar-refractivity contribution is -0.136. The standard InChI is InChI=1S/C21H29NO4S/c1-4-5-11-26-12-6-9-22-20(24)18(19(21(22)25)27-13-10-23)17-8-7-15(2)16(3)14-17/h7-8,14,23H,4-6,9-13H2,1-3H3. The summed E-state index contributed by atoms with van der Waals surface area (Å²) >= 11 is 1.25. The zero-order valence-electron chi connectivity index (χ0n) is 16.4. The highest BCUT2D eigenvalue weighted by Gasteiger charge is 2.38. The number of hydrogen-bond donors (Lipinski definition) is 1. The number of carbonyl (C=O) groups excluding carboxylic acids is 2. The minimum Gasteiger partial charge on any atom is -0.396 e. The van der Waals surface area contributed by atoms with Crippen molar-refractivity contribution in [2.45, 2.75) is 40.0 Å². The van der Waals surface area contributed by atoms with E-state index in [1.165, 1.54) is 16.7 Å². The zero-order valence-corrected chi connectivity index (χ0v) is 17.2. The highest BCUT2D eigenvalue weighted by molar-refractivity contribution is 8.04. The third kappa shape index (κ3) is 5.43. The number of imide groups is 1. The molecule has 6 heteroatoms. The van der Waals surface area contributed by atoms with Crippen molar-refractivity contribution in [3.05, 3.63) is 39.8 Å². The molecule has 2 rings (SSSR count). The smallest absolute Gasteiger partial charge is 0.267 e. The molecule has 0 spiro atoms. The Morgan fingerprint density at radius 3 is 2.48 bits per heavy atom. The topological polar surface area (TPSA) is 66.8 Å². The molecule has 27 heavy (non-hydrogen) atoms. The van der Waals surface area contributed by atoms with Gasteiger partial charge < -0.3 is 9.84 Å². The normalized spacial score (nSPS) is 14.6. The molecule has 0 atom stereocenters. The first-order valence-electron chi connectivity index (χ1n) is 9.50. The predicted molar refractivity (Wildman–Crippen MR) is 109 cm³/mol. The van der Waals surface area contributed by atoms with Crippen molar-refractivity contribution in [1.29, 1.82) is 0 Å². The molecule has 0 bridgehead atoms. The summed E-state index contributed by atoms with van der Waals surface area (Å²) in [6.45, 7) is 7.67. The molecule has 1 aromatic rings. The Morgan fingerprint density at radius 2 is 1.81 bits per heavy atom. The average molecular weight is 392 g/mol. The molecule has 1 N–H and O–H groups in total. The first kappa shape index (κ1) is 21.7. The fraction of sp³-hybridized carbons (Fsp3) is 0.524. The molecular weight excluding hydrogens is 362 g/mol. The van der Waals surface area contributed by atoms with Crippen molar-refractivity contribution in [3.63, 3.8) is 0 Å². The van der Waals surface area contributed by atoms with Gasteiger partial charge >= 0.3 is 0 Å². The van der Waals surface area contributed by atoms with Crippen molar-refractivity contribution in [3.8, 4) is 0 Å². The molecule has 148 valence electrons. The second-order valence-corrected chi connectivity index (χ2v) is 7.76. The van der Waals surface area contributed by atoms with Gasteiger partial charge in [0.05, 0.1) is 17.1 Å². The average Bonchev–Trinajstić information content (AvgIpc) is 2.89. The van der Waals surface area contributed by atoms with Crippen LogP contribution in [0.4, 0.5) is 0 Å². The van der Waals surface area contributed by atoms with Gasteiger partial charge in [0.1, 0.15) is 0 Å². The number of aryl methyl sites for hydroxylation is 2. The maximum Gasteiger partial charge on any atom is 0.267 e. The minimum absolute atomic E-state index is 0.0406. The van der Waals surface area contributed by atoms with Crippen LogP contribution in [-0.4, -0.2) is 53.9 Å². The summed E-state index contributed by atoms with van der Waals surface area (Å²) in [6.07, 6.45) is 2.72. The van der Waals surface area contributed by atoms with Gasteiger partial charge in [-0.25, -0.2) is 0 Å². The number of aliphatic hydroxyl groups excluding tert-OH is 1. The number of aliphatic hydroxyl groups is 1. The molecule has 0 saturated heterocycles. The van der Waals surface area contributed by atoms with Crippen LogP contribution in [0.3, 0.4) is 0 Å². The number of carbonyl (C=O) groups is 2. The number of rotatable bonds is 11. The number of thioether (sulfide) groups is 1. The Bertz CT molecular complexity index is 714. The summed E-state index contributed by atoms with van der Waals surface area (Å²) in [4.78, 5) is 27.6. The van der Waals surface area contributed by atoms with Crippen molar-refractivity contribution >= 4 is 29.1 Å². The highest BCUT2D eigenvalue weighted by atomic mass is 32.2. The van der Waals surface area contributed by atoms with Crippen LogP contribution >= 0.6 is 11.8 Å². The Hall–Kier alpha value is -1.63. The SMILES string of the molecule is CCCCOCCCN1C(=O)C(SCCO)=C(c2ccc(C)c(C)c2)C1=O. The van der Waals surface area contributed by atoms with E-state index in [0.29, 0.717) is 42.4 Å². The van der Waals surface area contributed by atoms with Crippen LogP contribution in [0.15, 0.2) is 23.1 Å². The third-order valence-corrected chi connectivity index (χ3v) is 5.63. The molecule has 0 fully saturated rings. The number of unbranched alkanes of at least 4 members (excludes halogenated alkanes) is 1. The number of hydrogen-bond acceptors (Lipinski definition) is 5. The molecule has 5 nitrogen and oxygen atoms in total. The van der Waals surface area contributed by atoms with E-state index >= 15 is 0 Å². The molecule has 0 unspecified atom stereocenters. The summed E-state index contributed by atoms with van der Waals surface area (Å²) in [5.74, 6) is -0.131. The quantitative estimate of drug-likeness (QED) is 0.463. The van der Waals surface area contributed by atoms with Gasteiger partial charge in [0.25, 0.3) is 11.8 Å². The fourth-order valence-corrected chi connectivity index (χ4v) is 3.74. The summed E-state index contributed by atoms with van der Waals surface area (Å²) in [7, 11) is 0. The third-order valence-electron chi connectivity index (χ3n) is 4.57. The molecule has 2 amide bonds. The van der Waals surface area contributed by atoms with Crippen LogP contribution in [0, 0.1) is 13.8 Å². The van der Waals surface area contributed by atoms with E-state index in [0.717, 1.165) is 29.5 Å². The van der Waals surface area contributed by atoms with Crippen molar-refractivity contribution < 1.29 is 19.4 Å². The van der Waals surface area contributed by atoms with Crippen LogP contribution in [0.1, 0.15) is 42.9 Å². The summed E-state index contributed by atoms with van der Waals surface area (Å²) in [5, 5.41) is 9.16. The van der Waals surface area contributed by atoms with E-state index in [9.17, 15) is 9.59 Å². The number of nitrogens with zero attached hydrogens (tertiary/aromatic N) is 1. The Balaban J connectivity index is 2.15. The van der Waals surface area contributed by atoms with E-state index < -0.39 is 0 Å². The number of amides is 2.